The third kappa shape index (κ3) is 3.13. The molecule has 8 atom stereocenters. The standard InChI is InChI=1S/C22H37N3OS/c1-13(24-25-20(23)27)17-6-7-18-16-5-4-14-12-15(26)8-10-21(14,2)19(16)9-11-22(17,18)3/h14-19,26H,4-12H2,1-3H3,(H3,23,25,27)/b24-13-/t14-,15-,16-,17-,18+,19+,21-,22+/m0/s1. The van der Waals surface area contributed by atoms with Gasteiger partial charge in [0.2, 0.25) is 0 Å². The second-order valence-electron chi connectivity index (χ2n) is 10.5. The summed E-state index contributed by atoms with van der Waals surface area (Å²) >= 11 is 4.92. The van der Waals surface area contributed by atoms with Gasteiger partial charge in [0.15, 0.2) is 5.11 Å². The Morgan fingerprint density at radius 2 is 1.74 bits per heavy atom. The lowest BCUT2D eigenvalue weighted by Gasteiger charge is -2.61. The maximum atomic E-state index is 10.2. The number of hydrogen-bond acceptors (Lipinski definition) is 3. The first-order valence-electron chi connectivity index (χ1n) is 11.0. The summed E-state index contributed by atoms with van der Waals surface area (Å²) < 4.78 is 0. The maximum Gasteiger partial charge on any atom is 0.184 e. The van der Waals surface area contributed by atoms with Gasteiger partial charge in [0.1, 0.15) is 0 Å². The van der Waals surface area contributed by atoms with E-state index in [1.54, 1.807) is 0 Å². The highest BCUT2D eigenvalue weighted by molar-refractivity contribution is 7.80. The summed E-state index contributed by atoms with van der Waals surface area (Å²) in [6, 6.07) is 0. The molecule has 0 spiro atoms. The Kier molecular flexibility index (Phi) is 5.07. The van der Waals surface area contributed by atoms with Crippen LogP contribution < -0.4 is 11.2 Å². The van der Waals surface area contributed by atoms with E-state index in [0.717, 1.165) is 36.5 Å². The van der Waals surface area contributed by atoms with Crippen LogP contribution in [0.2, 0.25) is 0 Å². The van der Waals surface area contributed by atoms with Gasteiger partial charge in [0, 0.05) is 11.6 Å². The fourth-order valence-electron chi connectivity index (χ4n) is 8.14. The molecule has 0 saturated heterocycles. The van der Waals surface area contributed by atoms with Crippen LogP contribution in [0.1, 0.15) is 78.6 Å². The van der Waals surface area contributed by atoms with Gasteiger partial charge >= 0.3 is 0 Å². The molecule has 4 fully saturated rings. The molecule has 0 amide bonds. The van der Waals surface area contributed by atoms with Gasteiger partial charge < -0.3 is 10.8 Å². The van der Waals surface area contributed by atoms with E-state index in [0.29, 0.717) is 16.7 Å². The highest BCUT2D eigenvalue weighted by Crippen LogP contribution is 2.67. The lowest BCUT2D eigenvalue weighted by molar-refractivity contribution is -0.123. The number of aliphatic hydroxyl groups is 1. The molecule has 27 heavy (non-hydrogen) atoms. The van der Waals surface area contributed by atoms with E-state index in [9.17, 15) is 5.11 Å². The van der Waals surface area contributed by atoms with Crippen LogP contribution in [-0.2, 0) is 0 Å². The number of nitrogens with zero attached hydrogens (tertiary/aromatic N) is 1. The zero-order valence-electron chi connectivity index (χ0n) is 17.2. The normalized spacial score (nSPS) is 49.7. The number of fused-ring (bicyclic) bond motifs is 5. The number of hydrazone groups is 1. The first-order chi connectivity index (χ1) is 12.8. The fraction of sp³-hybridized carbons (Fsp3) is 0.909. The number of thiocarbonyl (C=S) groups is 1. The molecule has 0 aromatic carbocycles. The summed E-state index contributed by atoms with van der Waals surface area (Å²) in [6.45, 7) is 7.25. The smallest absolute Gasteiger partial charge is 0.184 e. The third-order valence-electron chi connectivity index (χ3n) is 9.48. The zero-order chi connectivity index (χ0) is 19.4. The summed E-state index contributed by atoms with van der Waals surface area (Å²) in [5.74, 6) is 3.82. The van der Waals surface area contributed by atoms with E-state index < -0.39 is 0 Å². The molecular formula is C22H37N3OS. The summed E-state index contributed by atoms with van der Waals surface area (Å²) in [4.78, 5) is 0. The molecule has 0 bridgehead atoms. The predicted molar refractivity (Wildman–Crippen MR) is 114 cm³/mol. The summed E-state index contributed by atoms with van der Waals surface area (Å²) in [7, 11) is 0. The second-order valence-corrected chi connectivity index (χ2v) is 10.9. The summed E-state index contributed by atoms with van der Waals surface area (Å²) in [6.07, 6.45) is 11.2. The van der Waals surface area contributed by atoms with Crippen molar-refractivity contribution in [2.75, 3.05) is 0 Å². The second kappa shape index (κ2) is 6.98. The van der Waals surface area contributed by atoms with E-state index in [1.165, 1.54) is 50.7 Å². The van der Waals surface area contributed by atoms with Gasteiger partial charge in [-0.3, -0.25) is 5.43 Å². The van der Waals surface area contributed by atoms with Gasteiger partial charge in [0.05, 0.1) is 6.10 Å². The lowest BCUT2D eigenvalue weighted by Crippen LogP contribution is -2.54. The van der Waals surface area contributed by atoms with Crippen LogP contribution in [0.5, 0.6) is 0 Å². The largest absolute Gasteiger partial charge is 0.393 e. The molecule has 4 rings (SSSR count). The van der Waals surface area contributed by atoms with Crippen LogP contribution in [0.15, 0.2) is 5.10 Å². The van der Waals surface area contributed by atoms with E-state index in [1.807, 2.05) is 0 Å². The molecule has 4 saturated carbocycles. The van der Waals surface area contributed by atoms with Crippen LogP contribution in [-0.4, -0.2) is 22.0 Å². The Balaban J connectivity index is 1.55. The van der Waals surface area contributed by atoms with Crippen LogP contribution in [0.25, 0.3) is 0 Å². The molecule has 4 N–H and O–H groups in total. The Labute approximate surface area is 169 Å². The van der Waals surface area contributed by atoms with E-state index in [2.05, 4.69) is 31.3 Å². The molecule has 0 aliphatic heterocycles. The Hall–Kier alpha value is -0.680. The number of aliphatic hydroxyl groups excluding tert-OH is 1. The minimum absolute atomic E-state index is 0.0515. The molecule has 4 aliphatic carbocycles. The summed E-state index contributed by atoms with van der Waals surface area (Å²) in [5.41, 5.74) is 10.4. The van der Waals surface area contributed by atoms with E-state index in [-0.39, 0.29) is 11.2 Å². The number of hydrogen-bond donors (Lipinski definition) is 3. The van der Waals surface area contributed by atoms with E-state index in [4.69, 9.17) is 18.0 Å². The molecular weight excluding hydrogens is 354 g/mol. The molecule has 0 heterocycles. The quantitative estimate of drug-likeness (QED) is 0.374. The monoisotopic (exact) mass is 391 g/mol. The molecule has 0 unspecified atom stereocenters. The fourth-order valence-corrected chi connectivity index (χ4v) is 8.19. The van der Waals surface area contributed by atoms with Gasteiger partial charge in [-0.05, 0) is 111 Å². The molecule has 152 valence electrons. The van der Waals surface area contributed by atoms with Crippen LogP contribution in [0.4, 0.5) is 0 Å². The Morgan fingerprint density at radius 1 is 1.04 bits per heavy atom. The van der Waals surface area contributed by atoms with E-state index >= 15 is 0 Å². The lowest BCUT2D eigenvalue weighted by atomic mass is 9.44. The van der Waals surface area contributed by atoms with Gasteiger partial charge in [0.25, 0.3) is 0 Å². The number of rotatable bonds is 2. The number of nitrogens with two attached hydrogens (primary N) is 1. The van der Waals surface area contributed by atoms with Crippen molar-refractivity contribution < 1.29 is 5.11 Å². The third-order valence-corrected chi connectivity index (χ3v) is 9.58. The van der Waals surface area contributed by atoms with Crippen molar-refractivity contribution in [3.05, 3.63) is 0 Å². The van der Waals surface area contributed by atoms with Gasteiger partial charge in [-0.2, -0.15) is 5.10 Å². The Morgan fingerprint density at radius 3 is 2.48 bits per heavy atom. The minimum atomic E-state index is -0.0515. The van der Waals surface area contributed by atoms with Gasteiger partial charge in [-0.25, -0.2) is 0 Å². The topological polar surface area (TPSA) is 70.6 Å². The van der Waals surface area contributed by atoms with Crippen molar-refractivity contribution >= 4 is 23.0 Å². The molecule has 5 heteroatoms. The highest BCUT2D eigenvalue weighted by atomic mass is 32.1. The first kappa shape index (κ1) is 19.6. The zero-order valence-corrected chi connectivity index (χ0v) is 18.0. The van der Waals surface area contributed by atoms with Crippen molar-refractivity contribution in [2.24, 2.45) is 51.3 Å². The van der Waals surface area contributed by atoms with Crippen LogP contribution in [0.3, 0.4) is 0 Å². The predicted octanol–water partition coefficient (Wildman–Crippen LogP) is 4.22. The van der Waals surface area contributed by atoms with Crippen molar-refractivity contribution in [3.8, 4) is 0 Å². The average Bonchev–Trinajstić information content (AvgIpc) is 2.97. The minimum Gasteiger partial charge on any atom is -0.393 e. The molecule has 0 aromatic heterocycles. The molecule has 0 radical (unpaired) electrons. The molecule has 4 aliphatic rings. The Bertz CT molecular complexity index is 637. The van der Waals surface area contributed by atoms with Crippen LogP contribution in [0, 0.1) is 40.4 Å². The molecule has 4 nitrogen and oxygen atoms in total. The average molecular weight is 392 g/mol. The first-order valence-corrected chi connectivity index (χ1v) is 11.4. The van der Waals surface area contributed by atoms with Crippen molar-refractivity contribution in [2.45, 2.75) is 84.7 Å². The summed E-state index contributed by atoms with van der Waals surface area (Å²) in [5, 5.41) is 15.0. The maximum absolute atomic E-state index is 10.2. The van der Waals surface area contributed by atoms with Gasteiger partial charge in [-0.1, -0.05) is 13.8 Å². The number of nitrogens with one attached hydrogen (secondary N) is 1. The van der Waals surface area contributed by atoms with Crippen molar-refractivity contribution in [1.29, 1.82) is 0 Å². The van der Waals surface area contributed by atoms with Crippen molar-refractivity contribution in [3.63, 3.8) is 0 Å². The SMILES string of the molecule is C/C(=N/NC(N)=S)[C@@H]1CC[C@@H]2[C@@H]3CC[C@H]4C[C@@H](O)CC[C@]4(C)[C@@H]3CC[C@@]21C. The van der Waals surface area contributed by atoms with Crippen molar-refractivity contribution in [1.82, 2.24) is 5.43 Å². The molecule has 0 aromatic rings. The van der Waals surface area contributed by atoms with Gasteiger partial charge in [-0.15, -0.1) is 0 Å². The highest BCUT2D eigenvalue weighted by Gasteiger charge is 2.60. The van der Waals surface area contributed by atoms with Crippen LogP contribution >= 0.6 is 12.2 Å².